The van der Waals surface area contributed by atoms with Crippen molar-refractivity contribution in [2.45, 2.75) is 45.8 Å². The summed E-state index contributed by atoms with van der Waals surface area (Å²) in [5.74, 6) is 1.83. The summed E-state index contributed by atoms with van der Waals surface area (Å²) >= 11 is 6.68. The Hall–Kier alpha value is -3.81. The number of rotatable bonds is 7. The largest absolute Gasteiger partial charge is 0.483 e. The molecule has 0 aromatic heterocycles. The normalized spacial score (nSPS) is 18.9. The Morgan fingerprint density at radius 2 is 1.70 bits per heavy atom. The van der Waals surface area contributed by atoms with Crippen molar-refractivity contribution >= 4 is 43.9 Å². The molecule has 1 fully saturated rings. The fraction of sp³-hybridized carbons (Fsp3) is 0.324. The number of amides is 1. The summed E-state index contributed by atoms with van der Waals surface area (Å²) in [7, 11) is 1.52. The third kappa shape index (κ3) is 8.21. The summed E-state index contributed by atoms with van der Waals surface area (Å²) < 4.78 is 23.0. The van der Waals surface area contributed by atoms with E-state index < -0.39 is 12.2 Å². The van der Waals surface area contributed by atoms with Crippen LogP contribution in [0.4, 0.5) is 4.79 Å². The SMILES string of the molecule is CC1(C)[C@H](C(=O)O[C@H](C#N)c2cccc(Oc3ccccc3)c2)[C@@H]1C=C(Br)Br.CNC(=O)Oc1cccc2c1OC(C)(C)C2. The molecule has 2 aliphatic rings. The number of carbonyl (C=O) groups is 2. The Morgan fingerprint density at radius 3 is 2.36 bits per heavy atom. The van der Waals surface area contributed by atoms with E-state index in [1.807, 2.05) is 76.2 Å². The van der Waals surface area contributed by atoms with E-state index in [4.69, 9.17) is 18.9 Å². The van der Waals surface area contributed by atoms with Crippen LogP contribution in [-0.4, -0.2) is 24.7 Å². The van der Waals surface area contributed by atoms with Gasteiger partial charge in [-0.05, 0) is 87.4 Å². The van der Waals surface area contributed by atoms with Gasteiger partial charge in [0.15, 0.2) is 11.5 Å². The standard InChI is InChI=1S/C22H19Br2NO3.C12H15NO3/c1-22(2)17(12-19(23)24)20(22)21(26)28-18(13-25)14-7-6-10-16(11-14)27-15-8-4-3-5-9-15;1-12(2)7-8-5-4-6-9(10(8)16-12)15-11(14)13-3/h3-12,17-18,20H,1-2H3;4-6H,7H2,1-3H3,(H,13,14)/t17-,18+,20-;/m0./s1. The summed E-state index contributed by atoms with van der Waals surface area (Å²) in [4.78, 5) is 23.8. The molecule has 0 bridgehead atoms. The van der Waals surface area contributed by atoms with E-state index in [9.17, 15) is 14.9 Å². The minimum atomic E-state index is -0.986. The van der Waals surface area contributed by atoms with E-state index in [-0.39, 0.29) is 28.8 Å². The molecule has 0 spiro atoms. The molecule has 1 aliphatic heterocycles. The molecule has 3 aromatic carbocycles. The highest BCUT2D eigenvalue weighted by Crippen LogP contribution is 2.60. The predicted octanol–water partition coefficient (Wildman–Crippen LogP) is 8.61. The Balaban J connectivity index is 0.000000233. The Kier molecular flexibility index (Phi) is 10.4. The number of nitrogens with one attached hydrogen (secondary N) is 1. The van der Waals surface area contributed by atoms with Crippen LogP contribution in [-0.2, 0) is 16.0 Å². The lowest BCUT2D eigenvalue weighted by molar-refractivity contribution is -0.149. The van der Waals surface area contributed by atoms with Gasteiger partial charge in [0, 0.05) is 24.6 Å². The zero-order valence-electron chi connectivity index (χ0n) is 25.1. The predicted molar refractivity (Wildman–Crippen MR) is 174 cm³/mol. The molecule has 10 heteroatoms. The molecule has 1 aliphatic carbocycles. The Morgan fingerprint density at radius 1 is 1.02 bits per heavy atom. The van der Waals surface area contributed by atoms with E-state index >= 15 is 0 Å². The number of hydrogen-bond acceptors (Lipinski definition) is 7. The van der Waals surface area contributed by atoms with Crippen LogP contribution < -0.4 is 19.5 Å². The molecule has 44 heavy (non-hydrogen) atoms. The van der Waals surface area contributed by atoms with Crippen LogP contribution in [0.1, 0.15) is 44.9 Å². The number of esters is 1. The molecule has 3 atom stereocenters. The van der Waals surface area contributed by atoms with Gasteiger partial charge in [0.25, 0.3) is 0 Å². The molecule has 1 amide bonds. The maximum absolute atomic E-state index is 12.7. The Bertz CT molecular complexity index is 1580. The van der Waals surface area contributed by atoms with Crippen molar-refractivity contribution in [1.29, 1.82) is 5.26 Å². The molecule has 5 rings (SSSR count). The molecular weight excluding hydrogens is 692 g/mol. The molecular formula is C34H34Br2N2O6. The van der Waals surface area contributed by atoms with Gasteiger partial charge in [0.05, 0.1) is 9.31 Å². The maximum atomic E-state index is 12.7. The molecule has 0 unspecified atom stereocenters. The van der Waals surface area contributed by atoms with Gasteiger partial charge in [-0.25, -0.2) is 4.79 Å². The number of benzene rings is 3. The number of halogens is 2. The molecule has 1 N–H and O–H groups in total. The highest BCUT2D eigenvalue weighted by atomic mass is 79.9. The molecule has 8 nitrogen and oxygen atoms in total. The number of para-hydroxylation sites is 2. The monoisotopic (exact) mass is 724 g/mol. The van der Waals surface area contributed by atoms with Gasteiger partial charge in [0.1, 0.15) is 23.2 Å². The average Bonchev–Trinajstić information content (AvgIpc) is 3.34. The summed E-state index contributed by atoms with van der Waals surface area (Å²) in [6, 6.07) is 24.1. The summed E-state index contributed by atoms with van der Waals surface area (Å²) in [5.41, 5.74) is 1.22. The molecule has 3 aromatic rings. The summed E-state index contributed by atoms with van der Waals surface area (Å²) in [6.07, 6.45) is 1.30. The topological polar surface area (TPSA) is 107 Å². The fourth-order valence-corrected chi connectivity index (χ4v) is 5.69. The van der Waals surface area contributed by atoms with Crippen molar-refractivity contribution in [3.63, 3.8) is 0 Å². The molecule has 230 valence electrons. The lowest BCUT2D eigenvalue weighted by atomic mass is 10.0. The first kappa shape index (κ1) is 33.1. The smallest absolute Gasteiger partial charge is 0.412 e. The van der Waals surface area contributed by atoms with Gasteiger partial charge in [-0.2, -0.15) is 5.26 Å². The molecule has 1 heterocycles. The van der Waals surface area contributed by atoms with Gasteiger partial charge in [-0.3, -0.25) is 4.79 Å². The second-order valence-corrected chi connectivity index (χ2v) is 14.4. The number of nitrogens with zero attached hydrogens (tertiary/aromatic N) is 1. The van der Waals surface area contributed by atoms with Crippen molar-refractivity contribution in [3.8, 4) is 29.1 Å². The van der Waals surface area contributed by atoms with Gasteiger partial charge in [-0.1, -0.05) is 62.4 Å². The minimum absolute atomic E-state index is 0.0563. The number of hydrogen-bond donors (Lipinski definition) is 1. The summed E-state index contributed by atoms with van der Waals surface area (Å²) in [6.45, 7) is 8.05. The van der Waals surface area contributed by atoms with E-state index in [1.165, 1.54) is 7.05 Å². The van der Waals surface area contributed by atoms with Crippen LogP contribution in [0, 0.1) is 28.6 Å². The van der Waals surface area contributed by atoms with Crippen molar-refractivity contribution in [3.05, 3.63) is 93.4 Å². The van der Waals surface area contributed by atoms with Gasteiger partial charge < -0.3 is 24.3 Å². The second-order valence-electron chi connectivity index (χ2n) is 11.6. The van der Waals surface area contributed by atoms with Gasteiger partial charge in [-0.15, -0.1) is 0 Å². The van der Waals surface area contributed by atoms with E-state index in [1.54, 1.807) is 30.3 Å². The number of carbonyl (C=O) groups excluding carboxylic acids is 2. The third-order valence-corrected chi connectivity index (χ3v) is 7.95. The maximum Gasteiger partial charge on any atom is 0.412 e. The summed E-state index contributed by atoms with van der Waals surface area (Å²) in [5, 5.41) is 12.0. The first-order chi connectivity index (χ1) is 20.8. The number of ether oxygens (including phenoxy) is 4. The number of allylic oxidation sites excluding steroid dienone is 1. The van der Waals surface area contributed by atoms with Gasteiger partial charge >= 0.3 is 12.1 Å². The van der Waals surface area contributed by atoms with Crippen LogP contribution in [0.25, 0.3) is 0 Å². The number of nitriles is 1. The fourth-order valence-electron chi connectivity index (χ4n) is 5.12. The van der Waals surface area contributed by atoms with Crippen molar-refractivity contribution in [1.82, 2.24) is 5.32 Å². The lowest BCUT2D eigenvalue weighted by Gasteiger charge is -2.17. The van der Waals surface area contributed by atoms with Crippen LogP contribution in [0.5, 0.6) is 23.0 Å². The highest BCUT2D eigenvalue weighted by Gasteiger charge is 2.61. The average molecular weight is 726 g/mol. The quantitative estimate of drug-likeness (QED) is 0.243. The lowest BCUT2D eigenvalue weighted by Crippen LogP contribution is -2.25. The minimum Gasteiger partial charge on any atom is -0.483 e. The van der Waals surface area contributed by atoms with Crippen LogP contribution in [0.3, 0.4) is 0 Å². The zero-order chi connectivity index (χ0) is 32.1. The third-order valence-electron chi connectivity index (χ3n) is 7.42. The van der Waals surface area contributed by atoms with E-state index in [2.05, 4.69) is 43.2 Å². The molecule has 0 radical (unpaired) electrons. The van der Waals surface area contributed by atoms with Crippen LogP contribution in [0.15, 0.2) is 82.3 Å². The Labute approximate surface area is 274 Å². The second kappa shape index (κ2) is 13.9. The van der Waals surface area contributed by atoms with Crippen molar-refractivity contribution < 1.29 is 28.5 Å². The first-order valence-corrected chi connectivity index (χ1v) is 15.6. The van der Waals surface area contributed by atoms with E-state index in [0.29, 0.717) is 28.6 Å². The number of fused-ring (bicyclic) bond motifs is 1. The van der Waals surface area contributed by atoms with Crippen molar-refractivity contribution in [2.75, 3.05) is 7.05 Å². The highest BCUT2D eigenvalue weighted by molar-refractivity contribution is 9.28. The van der Waals surface area contributed by atoms with Gasteiger partial charge in [0.2, 0.25) is 6.10 Å². The van der Waals surface area contributed by atoms with Crippen LogP contribution >= 0.6 is 31.9 Å². The zero-order valence-corrected chi connectivity index (χ0v) is 28.3. The van der Waals surface area contributed by atoms with Crippen molar-refractivity contribution in [2.24, 2.45) is 17.3 Å². The molecule has 0 saturated heterocycles. The van der Waals surface area contributed by atoms with Crippen LogP contribution in [0.2, 0.25) is 0 Å². The first-order valence-electron chi connectivity index (χ1n) is 14.0. The molecule has 1 saturated carbocycles. The van der Waals surface area contributed by atoms with E-state index in [0.717, 1.165) is 15.4 Å².